The summed E-state index contributed by atoms with van der Waals surface area (Å²) in [7, 11) is -3.21. The molecule has 0 radical (unpaired) electrons. The number of rotatable bonds is 3. The molecule has 1 aromatic rings. The number of allylic oxidation sites excluding steroid dienone is 1. The molecule has 0 bridgehead atoms. The molecule has 1 saturated carbocycles. The Hall–Kier alpha value is -1.62. The molecule has 0 aromatic heterocycles. The molecule has 0 N–H and O–H groups in total. The van der Waals surface area contributed by atoms with Crippen molar-refractivity contribution in [2.45, 2.75) is 43.4 Å². The number of benzene rings is 1. The van der Waals surface area contributed by atoms with E-state index >= 15 is 0 Å². The predicted octanol–water partition coefficient (Wildman–Crippen LogP) is 3.37. The van der Waals surface area contributed by atoms with Crippen LogP contribution >= 0.6 is 0 Å². The van der Waals surface area contributed by atoms with Crippen molar-refractivity contribution in [1.29, 1.82) is 0 Å². The van der Waals surface area contributed by atoms with E-state index in [0.717, 1.165) is 29.6 Å². The maximum Gasteiger partial charge on any atom is 0.334 e. The minimum Gasteiger partial charge on any atom is -0.462 e. The van der Waals surface area contributed by atoms with E-state index in [2.05, 4.69) is 0 Å². The van der Waals surface area contributed by atoms with Crippen LogP contribution in [-0.2, 0) is 19.4 Å². The zero-order valence-corrected chi connectivity index (χ0v) is 14.2. The minimum absolute atomic E-state index is 0.210. The molecule has 3 rings (SSSR count). The summed E-state index contributed by atoms with van der Waals surface area (Å²) < 4.78 is 28.4. The molecule has 1 heterocycles. The summed E-state index contributed by atoms with van der Waals surface area (Å²) in [5.41, 5.74) is 2.81. The van der Waals surface area contributed by atoms with Gasteiger partial charge in [0.15, 0.2) is 9.84 Å². The largest absolute Gasteiger partial charge is 0.462 e. The average molecular weight is 334 g/mol. The Labute approximate surface area is 137 Å². The molecule has 23 heavy (non-hydrogen) atoms. The average Bonchev–Trinajstić information content (AvgIpc) is 2.94. The Morgan fingerprint density at radius 3 is 2.26 bits per heavy atom. The van der Waals surface area contributed by atoms with Crippen LogP contribution in [0.25, 0.3) is 5.57 Å². The second-order valence-electron chi connectivity index (χ2n) is 6.41. The predicted molar refractivity (Wildman–Crippen MR) is 88.6 cm³/mol. The normalized spacial score (nSPS) is 22.0. The van der Waals surface area contributed by atoms with E-state index in [0.29, 0.717) is 23.8 Å². The van der Waals surface area contributed by atoms with Gasteiger partial charge in [-0.05, 0) is 42.0 Å². The first-order valence-electron chi connectivity index (χ1n) is 8.17. The van der Waals surface area contributed by atoms with Crippen LogP contribution in [0.3, 0.4) is 0 Å². The highest BCUT2D eigenvalue weighted by Crippen LogP contribution is 2.39. The van der Waals surface area contributed by atoms with Crippen LogP contribution < -0.4 is 0 Å². The number of ether oxygens (including phenoxy) is 1. The molecule has 2 fully saturated rings. The SMILES string of the molecule is CS(=O)(=O)c1ccc(/C(=C2/CCOC2=O)C2CCCCC2)cc1. The number of hydrogen-bond acceptors (Lipinski definition) is 4. The fourth-order valence-electron chi connectivity index (χ4n) is 3.61. The van der Waals surface area contributed by atoms with Crippen LogP contribution in [0, 0.1) is 5.92 Å². The molecular formula is C18H22O4S. The number of esters is 1. The third kappa shape index (κ3) is 3.50. The van der Waals surface area contributed by atoms with Crippen molar-refractivity contribution in [3.8, 4) is 0 Å². The van der Waals surface area contributed by atoms with E-state index < -0.39 is 9.84 Å². The van der Waals surface area contributed by atoms with Crippen molar-refractivity contribution in [1.82, 2.24) is 0 Å². The minimum atomic E-state index is -3.21. The number of sulfone groups is 1. The second kappa shape index (κ2) is 6.48. The Balaban J connectivity index is 2.03. The smallest absolute Gasteiger partial charge is 0.334 e. The fraction of sp³-hybridized carbons (Fsp3) is 0.500. The van der Waals surface area contributed by atoms with Gasteiger partial charge in [-0.1, -0.05) is 31.4 Å². The molecule has 1 aromatic carbocycles. The second-order valence-corrected chi connectivity index (χ2v) is 8.43. The summed E-state index contributed by atoms with van der Waals surface area (Å²) in [6.45, 7) is 0.450. The third-order valence-corrected chi connectivity index (χ3v) is 5.89. The first kappa shape index (κ1) is 16.2. The number of carbonyl (C=O) groups is 1. The molecule has 0 spiro atoms. The van der Waals surface area contributed by atoms with Crippen LogP contribution in [-0.4, -0.2) is 27.2 Å². The lowest BCUT2D eigenvalue weighted by molar-refractivity contribution is -0.135. The Kier molecular flexibility index (Phi) is 4.57. The molecule has 0 atom stereocenters. The maximum absolute atomic E-state index is 12.1. The Bertz CT molecular complexity index is 723. The molecule has 1 aliphatic heterocycles. The van der Waals surface area contributed by atoms with Gasteiger partial charge in [0.25, 0.3) is 0 Å². The van der Waals surface area contributed by atoms with Crippen molar-refractivity contribution < 1.29 is 17.9 Å². The van der Waals surface area contributed by atoms with Gasteiger partial charge in [0.2, 0.25) is 0 Å². The van der Waals surface area contributed by atoms with Gasteiger partial charge in [-0.3, -0.25) is 0 Å². The van der Waals surface area contributed by atoms with Crippen molar-refractivity contribution in [2.75, 3.05) is 12.9 Å². The van der Waals surface area contributed by atoms with E-state index in [1.807, 2.05) is 12.1 Å². The summed E-state index contributed by atoms with van der Waals surface area (Å²) in [4.78, 5) is 12.4. The number of hydrogen-bond donors (Lipinski definition) is 0. The summed E-state index contributed by atoms with van der Waals surface area (Å²) in [5.74, 6) is 0.159. The van der Waals surface area contributed by atoms with Crippen molar-refractivity contribution in [3.63, 3.8) is 0 Å². The number of carbonyl (C=O) groups excluding carboxylic acids is 1. The van der Waals surface area contributed by atoms with Gasteiger partial charge in [0.05, 0.1) is 11.5 Å². The molecule has 1 saturated heterocycles. The van der Waals surface area contributed by atoms with Gasteiger partial charge in [-0.2, -0.15) is 0 Å². The summed E-state index contributed by atoms with van der Waals surface area (Å²) in [6, 6.07) is 6.93. The number of cyclic esters (lactones) is 1. The van der Waals surface area contributed by atoms with E-state index in [1.54, 1.807) is 12.1 Å². The van der Waals surface area contributed by atoms with Crippen LogP contribution in [0.4, 0.5) is 0 Å². The topological polar surface area (TPSA) is 60.4 Å². The molecule has 124 valence electrons. The van der Waals surface area contributed by atoms with Gasteiger partial charge >= 0.3 is 5.97 Å². The van der Waals surface area contributed by atoms with Crippen molar-refractivity contribution in [2.24, 2.45) is 5.92 Å². The monoisotopic (exact) mass is 334 g/mol. The van der Waals surface area contributed by atoms with Crippen LogP contribution in [0.2, 0.25) is 0 Å². The zero-order chi connectivity index (χ0) is 16.4. The van der Waals surface area contributed by atoms with Crippen molar-refractivity contribution >= 4 is 21.4 Å². The highest BCUT2D eigenvalue weighted by atomic mass is 32.2. The van der Waals surface area contributed by atoms with Crippen LogP contribution in [0.5, 0.6) is 0 Å². The van der Waals surface area contributed by atoms with E-state index in [-0.39, 0.29) is 5.97 Å². The lowest BCUT2D eigenvalue weighted by atomic mass is 9.78. The molecule has 2 aliphatic rings. The van der Waals surface area contributed by atoms with Gasteiger partial charge in [0.1, 0.15) is 0 Å². The first-order chi connectivity index (χ1) is 11.0. The molecule has 0 unspecified atom stereocenters. The maximum atomic E-state index is 12.1. The molecule has 5 heteroatoms. The lowest BCUT2D eigenvalue weighted by Gasteiger charge is -2.26. The lowest BCUT2D eigenvalue weighted by Crippen LogP contribution is -2.12. The summed E-state index contributed by atoms with van der Waals surface area (Å²) in [6.07, 6.45) is 7.63. The summed E-state index contributed by atoms with van der Waals surface area (Å²) in [5, 5.41) is 0. The quantitative estimate of drug-likeness (QED) is 0.628. The third-order valence-electron chi connectivity index (χ3n) is 4.76. The van der Waals surface area contributed by atoms with Crippen LogP contribution in [0.1, 0.15) is 44.1 Å². The highest BCUT2D eigenvalue weighted by molar-refractivity contribution is 7.90. The standard InChI is InChI=1S/C18H22O4S/c1-23(20,21)15-9-7-14(8-10-15)17(13-5-3-2-4-6-13)16-11-12-22-18(16)19/h7-10,13H,2-6,11-12H2,1H3/b17-16-. The van der Waals surface area contributed by atoms with Gasteiger partial charge in [-0.25, -0.2) is 13.2 Å². The first-order valence-corrected chi connectivity index (χ1v) is 10.1. The van der Waals surface area contributed by atoms with E-state index in [1.165, 1.54) is 25.5 Å². The fourth-order valence-corrected chi connectivity index (χ4v) is 4.24. The Morgan fingerprint density at radius 2 is 1.74 bits per heavy atom. The van der Waals surface area contributed by atoms with Crippen molar-refractivity contribution in [3.05, 3.63) is 35.4 Å². The molecule has 4 nitrogen and oxygen atoms in total. The molecule has 1 aliphatic carbocycles. The highest BCUT2D eigenvalue weighted by Gasteiger charge is 2.29. The van der Waals surface area contributed by atoms with E-state index in [4.69, 9.17) is 4.74 Å². The van der Waals surface area contributed by atoms with Gasteiger partial charge in [0, 0.05) is 18.2 Å². The summed E-state index contributed by atoms with van der Waals surface area (Å²) >= 11 is 0. The Morgan fingerprint density at radius 1 is 1.09 bits per heavy atom. The van der Waals surface area contributed by atoms with Gasteiger partial charge in [-0.15, -0.1) is 0 Å². The molecular weight excluding hydrogens is 312 g/mol. The molecule has 0 amide bonds. The zero-order valence-electron chi connectivity index (χ0n) is 13.4. The van der Waals surface area contributed by atoms with Crippen LogP contribution in [0.15, 0.2) is 34.7 Å². The van der Waals surface area contributed by atoms with Gasteiger partial charge < -0.3 is 4.74 Å². The van der Waals surface area contributed by atoms with E-state index in [9.17, 15) is 13.2 Å².